The van der Waals surface area contributed by atoms with E-state index in [-0.39, 0.29) is 24.8 Å². The van der Waals surface area contributed by atoms with Gasteiger partial charge in [0, 0.05) is 0 Å². The Labute approximate surface area is 244 Å². The maximum Gasteiger partial charge on any atom is -1.00 e. The SMILES string of the molecule is Cc1cc(C2=CC=CC2)c2c(c1C)-c1c(C)cccc1[CH]2[Zr+2]=[C](c1ccccc1)c1ccccc1.[Cl-].[Cl-]. The normalized spacial score (nSPS) is 14.6. The standard InChI is InChI=1S/C21H19.C13H10.2ClH.Zr/c1-13-7-6-10-17-12-19-18(16-8-4-5-9-16)11-14(2)15(3)21(19)20(13)17;1-3-7-12(8-4-1)11-13-9-5-2-6-10-13;;;/h4-8,10-12H,9H2,1-3H3;1-10H;2*1H;/q;;;;+2/p-2. The second-order valence-corrected chi connectivity index (χ2v) is 13.1. The van der Waals surface area contributed by atoms with E-state index in [1.54, 1.807) is 14.3 Å². The van der Waals surface area contributed by atoms with Crippen molar-refractivity contribution < 1.29 is 47.6 Å². The average molecular weight is 600 g/mol. The number of rotatable bonds is 4. The van der Waals surface area contributed by atoms with Gasteiger partial charge in [-0.3, -0.25) is 0 Å². The van der Waals surface area contributed by atoms with Gasteiger partial charge in [-0.25, -0.2) is 0 Å². The van der Waals surface area contributed by atoms with Crippen molar-refractivity contribution in [3.8, 4) is 11.1 Å². The molecule has 0 saturated heterocycles. The Morgan fingerprint density at radius 1 is 0.730 bits per heavy atom. The summed E-state index contributed by atoms with van der Waals surface area (Å²) in [5, 5.41) is 0. The van der Waals surface area contributed by atoms with E-state index in [0.717, 1.165) is 6.42 Å². The summed E-state index contributed by atoms with van der Waals surface area (Å²) in [7, 11) is 0. The average Bonchev–Trinajstić information content (AvgIpc) is 3.54. The van der Waals surface area contributed by atoms with E-state index in [2.05, 4.69) is 124 Å². The topological polar surface area (TPSA) is 0 Å². The molecule has 0 spiro atoms. The van der Waals surface area contributed by atoms with Gasteiger partial charge in [-0.15, -0.1) is 0 Å². The molecule has 4 aromatic carbocycles. The molecule has 3 heteroatoms. The number of aryl methyl sites for hydroxylation is 2. The summed E-state index contributed by atoms with van der Waals surface area (Å²) in [6.07, 6.45) is 7.90. The Kier molecular flexibility index (Phi) is 8.70. The monoisotopic (exact) mass is 597 g/mol. The van der Waals surface area contributed by atoms with Crippen LogP contribution in [-0.4, -0.2) is 3.21 Å². The van der Waals surface area contributed by atoms with Gasteiger partial charge in [0.25, 0.3) is 0 Å². The Balaban J connectivity index is 0.00000160. The molecule has 183 valence electrons. The maximum atomic E-state index is 2.48. The van der Waals surface area contributed by atoms with E-state index in [0.29, 0.717) is 3.63 Å². The van der Waals surface area contributed by atoms with Crippen LogP contribution < -0.4 is 24.8 Å². The third-order valence-electron chi connectivity index (χ3n) is 7.57. The smallest absolute Gasteiger partial charge is 1.00 e. The molecule has 0 fully saturated rings. The van der Waals surface area contributed by atoms with E-state index in [1.165, 1.54) is 50.1 Å². The first-order chi connectivity index (χ1) is 17.1. The number of allylic oxidation sites excluding steroid dienone is 4. The quantitative estimate of drug-likeness (QED) is 0.338. The summed E-state index contributed by atoms with van der Waals surface area (Å²) in [4.78, 5) is 0. The fourth-order valence-corrected chi connectivity index (χ4v) is 10.1. The van der Waals surface area contributed by atoms with Crippen LogP contribution in [0.1, 0.15) is 54.6 Å². The second-order valence-electron chi connectivity index (χ2n) is 9.70. The first-order valence-corrected chi connectivity index (χ1v) is 15.1. The van der Waals surface area contributed by atoms with E-state index in [9.17, 15) is 0 Å². The zero-order valence-corrected chi connectivity index (χ0v) is 25.3. The van der Waals surface area contributed by atoms with Crippen LogP contribution in [0.25, 0.3) is 16.7 Å². The van der Waals surface area contributed by atoms with Crippen LogP contribution in [0.4, 0.5) is 0 Å². The van der Waals surface area contributed by atoms with Gasteiger partial charge >= 0.3 is 221 Å². The summed E-state index contributed by atoms with van der Waals surface area (Å²) >= 11 is -1.12. The van der Waals surface area contributed by atoms with E-state index in [1.807, 2.05) is 0 Å². The van der Waals surface area contributed by atoms with Crippen molar-refractivity contribution in [2.45, 2.75) is 30.8 Å². The molecule has 0 amide bonds. The molecule has 4 aromatic rings. The molecule has 0 aliphatic heterocycles. The van der Waals surface area contributed by atoms with Crippen LogP contribution in [0.15, 0.2) is 103 Å². The van der Waals surface area contributed by atoms with Crippen LogP contribution >= 0.6 is 0 Å². The van der Waals surface area contributed by atoms with Crippen molar-refractivity contribution in [3.63, 3.8) is 0 Å². The van der Waals surface area contributed by atoms with Gasteiger partial charge in [0.05, 0.1) is 0 Å². The van der Waals surface area contributed by atoms with E-state index in [4.69, 9.17) is 0 Å². The van der Waals surface area contributed by atoms with Crippen molar-refractivity contribution in [1.29, 1.82) is 0 Å². The minimum Gasteiger partial charge on any atom is -1.00 e. The van der Waals surface area contributed by atoms with Crippen molar-refractivity contribution in [1.82, 2.24) is 0 Å². The van der Waals surface area contributed by atoms with Crippen LogP contribution in [0.3, 0.4) is 0 Å². The molecular formula is C34H29Cl2Zr. The number of hydrogen-bond acceptors (Lipinski definition) is 0. The molecule has 2 aliphatic rings. The molecule has 37 heavy (non-hydrogen) atoms. The summed E-state index contributed by atoms with van der Waals surface area (Å²) < 4.78 is 2.08. The first-order valence-electron chi connectivity index (χ1n) is 12.5. The van der Waals surface area contributed by atoms with Gasteiger partial charge < -0.3 is 24.8 Å². The van der Waals surface area contributed by atoms with Gasteiger partial charge in [0.15, 0.2) is 0 Å². The van der Waals surface area contributed by atoms with Crippen molar-refractivity contribution in [3.05, 3.63) is 148 Å². The van der Waals surface area contributed by atoms with Crippen LogP contribution in [-0.2, 0) is 22.8 Å². The number of benzene rings is 4. The third kappa shape index (κ3) is 4.95. The molecule has 6 rings (SSSR count). The van der Waals surface area contributed by atoms with E-state index >= 15 is 0 Å². The molecule has 1 unspecified atom stereocenters. The van der Waals surface area contributed by atoms with Crippen molar-refractivity contribution >= 4 is 8.78 Å². The maximum absolute atomic E-state index is 2.48. The molecule has 0 nitrogen and oxygen atoms in total. The Morgan fingerprint density at radius 3 is 1.97 bits per heavy atom. The van der Waals surface area contributed by atoms with Crippen molar-refractivity contribution in [2.24, 2.45) is 0 Å². The number of halogens is 2. The summed E-state index contributed by atoms with van der Waals surface area (Å²) in [5.41, 5.74) is 16.2. The predicted molar refractivity (Wildman–Crippen MR) is 146 cm³/mol. The minimum atomic E-state index is -1.12. The zero-order valence-electron chi connectivity index (χ0n) is 21.4. The minimum absolute atomic E-state index is 0. The van der Waals surface area contributed by atoms with Gasteiger partial charge in [-0.05, 0) is 0 Å². The van der Waals surface area contributed by atoms with Gasteiger partial charge in [-0.1, -0.05) is 0 Å². The Bertz CT molecular complexity index is 1490. The predicted octanol–water partition coefficient (Wildman–Crippen LogP) is 2.38. The molecule has 2 aliphatic carbocycles. The Morgan fingerprint density at radius 2 is 1.38 bits per heavy atom. The van der Waals surface area contributed by atoms with E-state index < -0.39 is 22.8 Å². The Hall–Kier alpha value is -2.31. The summed E-state index contributed by atoms with van der Waals surface area (Å²) in [6.45, 7) is 6.92. The summed E-state index contributed by atoms with van der Waals surface area (Å²) in [6, 6.07) is 31.7. The van der Waals surface area contributed by atoms with Gasteiger partial charge in [-0.2, -0.15) is 0 Å². The fourth-order valence-electron chi connectivity index (χ4n) is 5.74. The van der Waals surface area contributed by atoms with Gasteiger partial charge in [0.1, 0.15) is 0 Å². The summed E-state index contributed by atoms with van der Waals surface area (Å²) in [5.74, 6) is 0. The number of fused-ring (bicyclic) bond motifs is 3. The molecule has 0 heterocycles. The molecule has 1 atom stereocenters. The fraction of sp³-hybridized carbons (Fsp3) is 0.147. The van der Waals surface area contributed by atoms with Crippen LogP contribution in [0.2, 0.25) is 0 Å². The molecule has 0 saturated carbocycles. The van der Waals surface area contributed by atoms with Gasteiger partial charge in [0.2, 0.25) is 0 Å². The number of hydrogen-bond donors (Lipinski definition) is 0. The van der Waals surface area contributed by atoms with Crippen LogP contribution in [0.5, 0.6) is 0 Å². The molecular weight excluding hydrogens is 571 g/mol. The first kappa shape index (κ1) is 27.7. The molecule has 0 radical (unpaired) electrons. The zero-order chi connectivity index (χ0) is 23.9. The second kappa shape index (κ2) is 11.6. The largest absolute Gasteiger partial charge is 1.00 e. The molecule has 0 N–H and O–H groups in total. The van der Waals surface area contributed by atoms with Crippen molar-refractivity contribution in [2.75, 3.05) is 0 Å². The molecule has 0 bridgehead atoms. The third-order valence-corrected chi connectivity index (χ3v) is 11.9. The molecule has 0 aromatic heterocycles. The van der Waals surface area contributed by atoms with Crippen LogP contribution in [0, 0.1) is 20.8 Å².